The summed E-state index contributed by atoms with van der Waals surface area (Å²) in [5, 5.41) is 5.91. The highest BCUT2D eigenvalue weighted by Crippen LogP contribution is 2.25. The van der Waals surface area contributed by atoms with Crippen molar-refractivity contribution in [1.82, 2.24) is 10.6 Å². The smallest absolute Gasteiger partial charge is 0.251 e. The number of aryl methyl sites for hydroxylation is 1. The third kappa shape index (κ3) is 2.93. The zero-order chi connectivity index (χ0) is 13.9. The zero-order valence-electron chi connectivity index (χ0n) is 11.3. The van der Waals surface area contributed by atoms with Crippen LogP contribution in [0, 0.1) is 0 Å². The predicted octanol–water partition coefficient (Wildman–Crippen LogP) is 1.44. The van der Waals surface area contributed by atoms with E-state index in [4.69, 9.17) is 4.74 Å². The summed E-state index contributed by atoms with van der Waals surface area (Å²) in [6.07, 6.45) is 1.61. The first-order valence-electron chi connectivity index (χ1n) is 7.14. The highest BCUT2D eigenvalue weighted by Gasteiger charge is 2.23. The molecule has 1 aromatic carbocycles. The van der Waals surface area contributed by atoms with Gasteiger partial charge < -0.3 is 15.4 Å². The summed E-state index contributed by atoms with van der Waals surface area (Å²) < 4.78 is 18.5. The van der Waals surface area contributed by atoms with E-state index in [0.29, 0.717) is 25.1 Å². The molecule has 1 saturated heterocycles. The molecule has 2 N–H and O–H groups in total. The van der Waals surface area contributed by atoms with Crippen LogP contribution < -0.4 is 15.4 Å². The number of hydrogen-bond acceptors (Lipinski definition) is 3. The Morgan fingerprint density at radius 1 is 1.50 bits per heavy atom. The Labute approximate surface area is 117 Å². The van der Waals surface area contributed by atoms with E-state index in [2.05, 4.69) is 10.6 Å². The van der Waals surface area contributed by atoms with Crippen molar-refractivity contribution in [3.63, 3.8) is 0 Å². The first kappa shape index (κ1) is 13.4. The maximum Gasteiger partial charge on any atom is 0.251 e. The number of benzene rings is 1. The SMILES string of the molecule is O=C(NC[C@@H]1C[C@H](F)CN1)c1ccc2c(c1)CCCO2. The van der Waals surface area contributed by atoms with Crippen LogP contribution in [0.25, 0.3) is 0 Å². The molecule has 108 valence electrons. The van der Waals surface area contributed by atoms with E-state index >= 15 is 0 Å². The molecule has 2 heterocycles. The second-order valence-electron chi connectivity index (χ2n) is 5.42. The minimum Gasteiger partial charge on any atom is -0.493 e. The number of ether oxygens (including phenoxy) is 1. The van der Waals surface area contributed by atoms with Crippen LogP contribution in [0.5, 0.6) is 5.75 Å². The molecule has 0 aliphatic carbocycles. The topological polar surface area (TPSA) is 50.4 Å². The minimum absolute atomic E-state index is 0.0370. The van der Waals surface area contributed by atoms with Crippen LogP contribution in [-0.4, -0.2) is 37.8 Å². The average molecular weight is 278 g/mol. The van der Waals surface area contributed by atoms with Gasteiger partial charge in [0.2, 0.25) is 0 Å². The molecule has 0 radical (unpaired) electrons. The quantitative estimate of drug-likeness (QED) is 0.879. The van der Waals surface area contributed by atoms with Crippen LogP contribution in [0.15, 0.2) is 18.2 Å². The third-order valence-corrected chi connectivity index (χ3v) is 3.85. The summed E-state index contributed by atoms with van der Waals surface area (Å²) >= 11 is 0. The van der Waals surface area contributed by atoms with Crippen LogP contribution in [0.2, 0.25) is 0 Å². The van der Waals surface area contributed by atoms with Gasteiger partial charge in [-0.15, -0.1) is 0 Å². The molecular formula is C15H19FN2O2. The number of alkyl halides is 1. The molecule has 20 heavy (non-hydrogen) atoms. The number of fused-ring (bicyclic) bond motifs is 1. The van der Waals surface area contributed by atoms with Crippen molar-refractivity contribution in [2.45, 2.75) is 31.5 Å². The molecule has 3 rings (SSSR count). The van der Waals surface area contributed by atoms with Gasteiger partial charge in [0.05, 0.1) is 6.61 Å². The Hall–Kier alpha value is -1.62. The van der Waals surface area contributed by atoms with Crippen LogP contribution in [0.4, 0.5) is 4.39 Å². The second kappa shape index (κ2) is 5.79. The van der Waals surface area contributed by atoms with Crippen LogP contribution in [0.1, 0.15) is 28.8 Å². The summed E-state index contributed by atoms with van der Waals surface area (Å²) in [5.41, 5.74) is 1.73. The molecule has 0 unspecified atom stereocenters. The summed E-state index contributed by atoms with van der Waals surface area (Å²) in [4.78, 5) is 12.1. The third-order valence-electron chi connectivity index (χ3n) is 3.85. The molecular weight excluding hydrogens is 259 g/mol. The van der Waals surface area contributed by atoms with Gasteiger partial charge in [-0.2, -0.15) is 0 Å². The molecule has 1 amide bonds. The lowest BCUT2D eigenvalue weighted by atomic mass is 10.0. The Morgan fingerprint density at radius 3 is 3.20 bits per heavy atom. The number of amides is 1. The fraction of sp³-hybridized carbons (Fsp3) is 0.533. The Kier molecular flexibility index (Phi) is 3.87. The van der Waals surface area contributed by atoms with E-state index in [9.17, 15) is 9.18 Å². The molecule has 1 fully saturated rings. The zero-order valence-corrected chi connectivity index (χ0v) is 11.3. The largest absolute Gasteiger partial charge is 0.493 e. The fourth-order valence-electron chi connectivity index (χ4n) is 2.75. The summed E-state index contributed by atoms with van der Waals surface area (Å²) in [5.74, 6) is 0.771. The molecule has 1 aromatic rings. The number of carbonyl (C=O) groups excluding carboxylic acids is 1. The Bertz CT molecular complexity index is 507. The number of nitrogens with one attached hydrogen (secondary N) is 2. The lowest BCUT2D eigenvalue weighted by molar-refractivity contribution is 0.0949. The van der Waals surface area contributed by atoms with Crippen molar-refractivity contribution in [3.8, 4) is 5.75 Å². The standard InChI is InChI=1S/C15H19FN2O2/c16-12-7-13(17-8-12)9-18-15(19)11-3-4-14-10(6-11)2-1-5-20-14/h3-4,6,12-13,17H,1-2,5,7-9H2,(H,18,19)/t12-,13-/m0/s1. The minimum atomic E-state index is -0.794. The molecule has 2 atom stereocenters. The molecule has 0 saturated carbocycles. The Morgan fingerprint density at radius 2 is 2.40 bits per heavy atom. The second-order valence-corrected chi connectivity index (χ2v) is 5.42. The summed E-state index contributed by atoms with van der Waals surface area (Å²) in [6.45, 7) is 1.60. The highest BCUT2D eigenvalue weighted by molar-refractivity contribution is 5.94. The molecule has 0 spiro atoms. The first-order chi connectivity index (χ1) is 9.72. The Balaban J connectivity index is 1.59. The molecule has 0 aromatic heterocycles. The summed E-state index contributed by atoms with van der Waals surface area (Å²) in [7, 11) is 0. The molecule has 5 heteroatoms. The van der Waals surface area contributed by atoms with Crippen molar-refractivity contribution in [1.29, 1.82) is 0 Å². The van der Waals surface area contributed by atoms with Gasteiger partial charge in [0, 0.05) is 24.7 Å². The van der Waals surface area contributed by atoms with Gasteiger partial charge in [0.15, 0.2) is 0 Å². The summed E-state index contributed by atoms with van der Waals surface area (Å²) in [6, 6.07) is 5.56. The van der Waals surface area contributed by atoms with E-state index in [-0.39, 0.29) is 11.9 Å². The molecule has 0 bridgehead atoms. The lowest BCUT2D eigenvalue weighted by Crippen LogP contribution is -2.37. The van der Waals surface area contributed by atoms with Crippen molar-refractivity contribution in [2.24, 2.45) is 0 Å². The van der Waals surface area contributed by atoms with Crippen molar-refractivity contribution >= 4 is 5.91 Å². The van der Waals surface area contributed by atoms with Gasteiger partial charge in [0.1, 0.15) is 11.9 Å². The van der Waals surface area contributed by atoms with Crippen LogP contribution >= 0.6 is 0 Å². The van der Waals surface area contributed by atoms with E-state index < -0.39 is 6.17 Å². The number of halogens is 1. The number of carbonyl (C=O) groups is 1. The van der Waals surface area contributed by atoms with Gasteiger partial charge >= 0.3 is 0 Å². The molecule has 2 aliphatic heterocycles. The van der Waals surface area contributed by atoms with Gasteiger partial charge in [-0.25, -0.2) is 4.39 Å². The maximum absolute atomic E-state index is 13.0. The molecule has 4 nitrogen and oxygen atoms in total. The van der Waals surface area contributed by atoms with Gasteiger partial charge in [0.25, 0.3) is 5.91 Å². The number of rotatable bonds is 3. The fourth-order valence-corrected chi connectivity index (χ4v) is 2.75. The van der Waals surface area contributed by atoms with Crippen molar-refractivity contribution in [3.05, 3.63) is 29.3 Å². The first-order valence-corrected chi connectivity index (χ1v) is 7.14. The van der Waals surface area contributed by atoms with Crippen LogP contribution in [-0.2, 0) is 6.42 Å². The molecule has 2 aliphatic rings. The van der Waals surface area contributed by atoms with E-state index in [1.54, 1.807) is 6.07 Å². The van der Waals surface area contributed by atoms with E-state index in [1.807, 2.05) is 12.1 Å². The van der Waals surface area contributed by atoms with E-state index in [0.717, 1.165) is 30.8 Å². The van der Waals surface area contributed by atoms with Gasteiger partial charge in [-0.3, -0.25) is 4.79 Å². The van der Waals surface area contributed by atoms with Crippen molar-refractivity contribution < 1.29 is 13.9 Å². The van der Waals surface area contributed by atoms with Gasteiger partial charge in [-0.1, -0.05) is 0 Å². The normalized spacial score (nSPS) is 24.9. The average Bonchev–Trinajstić information content (AvgIpc) is 2.90. The predicted molar refractivity (Wildman–Crippen MR) is 73.9 cm³/mol. The highest BCUT2D eigenvalue weighted by atomic mass is 19.1. The van der Waals surface area contributed by atoms with E-state index in [1.165, 1.54) is 0 Å². The maximum atomic E-state index is 13.0. The lowest BCUT2D eigenvalue weighted by Gasteiger charge is -2.18. The van der Waals surface area contributed by atoms with Gasteiger partial charge in [-0.05, 0) is 43.0 Å². The van der Waals surface area contributed by atoms with Crippen molar-refractivity contribution in [2.75, 3.05) is 19.7 Å². The monoisotopic (exact) mass is 278 g/mol. The van der Waals surface area contributed by atoms with Crippen LogP contribution in [0.3, 0.4) is 0 Å². The number of hydrogen-bond donors (Lipinski definition) is 2.